The number of rotatable bonds is 4. The SMILES string of the molecule is COC(C(F)F)C(F)(F)CF. The minimum Gasteiger partial charge on any atom is -0.369 e. The minimum atomic E-state index is -4.11. The monoisotopic (exact) mass is 178 g/mol. The Balaban J connectivity index is 4.23. The molecule has 0 radical (unpaired) electrons. The van der Waals surface area contributed by atoms with Gasteiger partial charge in [0.25, 0.3) is 6.43 Å². The van der Waals surface area contributed by atoms with Gasteiger partial charge < -0.3 is 4.74 Å². The molecular formula is C5H7F5O. The van der Waals surface area contributed by atoms with Crippen molar-refractivity contribution in [1.82, 2.24) is 0 Å². The Morgan fingerprint density at radius 2 is 1.82 bits per heavy atom. The molecule has 68 valence electrons. The first kappa shape index (κ1) is 10.6. The predicted octanol–water partition coefficient (Wildman–Crippen LogP) is 1.87. The number of hydrogen-bond acceptors (Lipinski definition) is 1. The van der Waals surface area contributed by atoms with Crippen LogP contribution < -0.4 is 0 Å². The standard InChI is InChI=1S/C5H7F5O/c1-11-3(4(7)8)5(9,10)2-6/h3-4H,2H2,1H3. The van der Waals surface area contributed by atoms with Gasteiger partial charge in [0.05, 0.1) is 0 Å². The largest absolute Gasteiger partial charge is 0.369 e. The van der Waals surface area contributed by atoms with Crippen LogP contribution in [-0.2, 0) is 4.74 Å². The van der Waals surface area contributed by atoms with E-state index in [0.29, 0.717) is 7.11 Å². The first-order valence-corrected chi connectivity index (χ1v) is 2.70. The molecule has 1 nitrogen and oxygen atoms in total. The fourth-order valence-corrected chi connectivity index (χ4v) is 0.536. The summed E-state index contributed by atoms with van der Waals surface area (Å²) < 4.78 is 62.5. The second-order valence-electron chi connectivity index (χ2n) is 1.89. The van der Waals surface area contributed by atoms with Crippen LogP contribution in [0.5, 0.6) is 0 Å². The summed E-state index contributed by atoms with van der Waals surface area (Å²) in [6, 6.07) is 0. The Morgan fingerprint density at radius 1 is 1.36 bits per heavy atom. The van der Waals surface area contributed by atoms with E-state index in [1.54, 1.807) is 0 Å². The molecule has 0 aromatic rings. The van der Waals surface area contributed by atoms with Gasteiger partial charge in [0, 0.05) is 7.11 Å². The van der Waals surface area contributed by atoms with Gasteiger partial charge in [-0.3, -0.25) is 0 Å². The Hall–Kier alpha value is -0.390. The first-order valence-electron chi connectivity index (χ1n) is 2.70. The molecule has 0 spiro atoms. The summed E-state index contributed by atoms with van der Waals surface area (Å²) in [5.41, 5.74) is 0. The molecule has 0 amide bonds. The van der Waals surface area contributed by atoms with Gasteiger partial charge in [-0.25, -0.2) is 22.0 Å². The molecule has 0 N–H and O–H groups in total. The minimum absolute atomic E-state index is 0.681. The summed E-state index contributed by atoms with van der Waals surface area (Å²) in [6.07, 6.45) is -6.04. The van der Waals surface area contributed by atoms with Crippen molar-refractivity contribution in [3.8, 4) is 0 Å². The van der Waals surface area contributed by atoms with Gasteiger partial charge in [0.1, 0.15) is 0 Å². The third-order valence-electron chi connectivity index (χ3n) is 1.08. The maximum absolute atomic E-state index is 12.1. The van der Waals surface area contributed by atoms with E-state index >= 15 is 0 Å². The lowest BCUT2D eigenvalue weighted by atomic mass is 10.2. The van der Waals surface area contributed by atoms with Crippen molar-refractivity contribution in [2.75, 3.05) is 13.8 Å². The summed E-state index contributed by atoms with van der Waals surface area (Å²) in [7, 11) is 0.681. The predicted molar refractivity (Wildman–Crippen MR) is 27.7 cm³/mol. The molecule has 11 heavy (non-hydrogen) atoms. The quantitative estimate of drug-likeness (QED) is 0.597. The van der Waals surface area contributed by atoms with Gasteiger partial charge in [-0.05, 0) is 0 Å². The molecule has 0 saturated heterocycles. The zero-order chi connectivity index (χ0) is 9.07. The van der Waals surface area contributed by atoms with Crippen molar-refractivity contribution in [1.29, 1.82) is 0 Å². The summed E-state index contributed by atoms with van der Waals surface area (Å²) in [5, 5.41) is 0. The molecule has 0 saturated carbocycles. The van der Waals surface area contributed by atoms with Crippen LogP contribution in [-0.4, -0.2) is 32.2 Å². The number of hydrogen-bond donors (Lipinski definition) is 0. The molecule has 0 rings (SSSR count). The fraction of sp³-hybridized carbons (Fsp3) is 1.00. The van der Waals surface area contributed by atoms with Crippen molar-refractivity contribution in [2.45, 2.75) is 18.5 Å². The topological polar surface area (TPSA) is 9.23 Å². The molecule has 0 heterocycles. The van der Waals surface area contributed by atoms with E-state index in [-0.39, 0.29) is 0 Å². The van der Waals surface area contributed by atoms with E-state index in [1.165, 1.54) is 0 Å². The van der Waals surface area contributed by atoms with Crippen LogP contribution in [0.4, 0.5) is 22.0 Å². The molecule has 0 bridgehead atoms. The summed E-state index contributed by atoms with van der Waals surface area (Å²) in [6.45, 7) is -2.14. The second kappa shape index (κ2) is 3.85. The number of halogens is 5. The molecule has 6 heteroatoms. The molecule has 1 atom stereocenters. The van der Waals surface area contributed by atoms with Crippen molar-refractivity contribution < 1.29 is 26.7 Å². The van der Waals surface area contributed by atoms with Crippen molar-refractivity contribution in [2.24, 2.45) is 0 Å². The van der Waals surface area contributed by atoms with E-state index < -0.39 is 25.1 Å². The van der Waals surface area contributed by atoms with Gasteiger partial charge in [0.15, 0.2) is 12.8 Å². The van der Waals surface area contributed by atoms with Crippen molar-refractivity contribution in [3.63, 3.8) is 0 Å². The van der Waals surface area contributed by atoms with Crippen LogP contribution in [0.15, 0.2) is 0 Å². The third-order valence-corrected chi connectivity index (χ3v) is 1.08. The van der Waals surface area contributed by atoms with Crippen LogP contribution in [0.2, 0.25) is 0 Å². The highest BCUT2D eigenvalue weighted by Crippen LogP contribution is 2.26. The highest BCUT2D eigenvalue weighted by atomic mass is 19.3. The van der Waals surface area contributed by atoms with E-state index in [1.807, 2.05) is 0 Å². The van der Waals surface area contributed by atoms with Crippen LogP contribution in [0.25, 0.3) is 0 Å². The molecule has 0 aliphatic heterocycles. The molecule has 0 aromatic heterocycles. The highest BCUT2D eigenvalue weighted by Gasteiger charge is 2.46. The number of alkyl halides is 5. The van der Waals surface area contributed by atoms with Crippen LogP contribution in [0.3, 0.4) is 0 Å². The van der Waals surface area contributed by atoms with Crippen molar-refractivity contribution >= 4 is 0 Å². The average Bonchev–Trinajstić information content (AvgIpc) is 1.88. The summed E-state index contributed by atoms with van der Waals surface area (Å²) in [5.74, 6) is -4.11. The lowest BCUT2D eigenvalue weighted by Crippen LogP contribution is -2.42. The van der Waals surface area contributed by atoms with E-state index in [0.717, 1.165) is 0 Å². The van der Waals surface area contributed by atoms with Crippen LogP contribution in [0.1, 0.15) is 0 Å². The Kier molecular flexibility index (Phi) is 3.71. The van der Waals surface area contributed by atoms with Gasteiger partial charge in [-0.15, -0.1) is 0 Å². The lowest BCUT2D eigenvalue weighted by molar-refractivity contribution is -0.182. The summed E-state index contributed by atoms with van der Waals surface area (Å²) >= 11 is 0. The fourth-order valence-electron chi connectivity index (χ4n) is 0.536. The van der Waals surface area contributed by atoms with E-state index in [2.05, 4.69) is 4.74 Å². The maximum atomic E-state index is 12.1. The Labute approximate surface area is 60.1 Å². The normalized spacial score (nSPS) is 15.5. The van der Waals surface area contributed by atoms with Crippen LogP contribution >= 0.6 is 0 Å². The number of ether oxygens (including phenoxy) is 1. The van der Waals surface area contributed by atoms with Crippen molar-refractivity contribution in [3.05, 3.63) is 0 Å². The second-order valence-corrected chi connectivity index (χ2v) is 1.89. The third kappa shape index (κ3) is 2.61. The molecule has 0 aliphatic carbocycles. The van der Waals surface area contributed by atoms with Gasteiger partial charge >= 0.3 is 5.92 Å². The lowest BCUT2D eigenvalue weighted by Gasteiger charge is -2.21. The molecule has 0 aliphatic rings. The average molecular weight is 178 g/mol. The Morgan fingerprint density at radius 3 is 1.91 bits per heavy atom. The highest BCUT2D eigenvalue weighted by molar-refractivity contribution is 4.78. The zero-order valence-corrected chi connectivity index (χ0v) is 5.66. The Bertz CT molecular complexity index is 115. The molecule has 0 aromatic carbocycles. The van der Waals surface area contributed by atoms with Crippen LogP contribution in [0, 0.1) is 0 Å². The van der Waals surface area contributed by atoms with Gasteiger partial charge in [-0.2, -0.15) is 0 Å². The van der Waals surface area contributed by atoms with E-state index in [9.17, 15) is 22.0 Å². The molecule has 0 fully saturated rings. The first-order chi connectivity index (χ1) is 4.95. The maximum Gasteiger partial charge on any atom is 0.307 e. The zero-order valence-electron chi connectivity index (χ0n) is 5.66. The summed E-state index contributed by atoms with van der Waals surface area (Å²) in [4.78, 5) is 0. The smallest absolute Gasteiger partial charge is 0.307 e. The molecular weight excluding hydrogens is 171 g/mol. The van der Waals surface area contributed by atoms with Gasteiger partial charge in [0.2, 0.25) is 0 Å². The van der Waals surface area contributed by atoms with Gasteiger partial charge in [-0.1, -0.05) is 0 Å². The number of methoxy groups -OCH3 is 1. The van der Waals surface area contributed by atoms with E-state index in [4.69, 9.17) is 0 Å². The molecule has 1 unspecified atom stereocenters.